The van der Waals surface area contributed by atoms with Crippen molar-refractivity contribution in [2.75, 3.05) is 13.1 Å². The number of amides is 1. The van der Waals surface area contributed by atoms with Gasteiger partial charge in [-0.2, -0.15) is 0 Å². The number of fused-ring (bicyclic) bond motifs is 1. The maximum Gasteiger partial charge on any atom is 0.256 e. The van der Waals surface area contributed by atoms with Crippen LogP contribution in [-0.4, -0.2) is 34.0 Å². The fourth-order valence-electron chi connectivity index (χ4n) is 3.57. The van der Waals surface area contributed by atoms with Crippen LogP contribution in [0, 0.1) is 5.92 Å². The number of H-pyrrole nitrogens is 1. The first-order valence-electron chi connectivity index (χ1n) is 8.34. The first-order valence-corrected chi connectivity index (χ1v) is 8.34. The summed E-state index contributed by atoms with van der Waals surface area (Å²) in [5.41, 5.74) is 2.97. The lowest BCUT2D eigenvalue weighted by molar-refractivity contribution is 0.0789. The van der Waals surface area contributed by atoms with Crippen molar-refractivity contribution in [3.8, 4) is 5.75 Å². The minimum atomic E-state index is 0.112. The number of likely N-dealkylation sites (tertiary alicyclic amines) is 1. The molecule has 0 saturated carbocycles. The molecule has 24 heavy (non-hydrogen) atoms. The second-order valence-corrected chi connectivity index (χ2v) is 6.52. The number of carbonyl (C=O) groups is 1. The number of nitrogens with one attached hydrogen (secondary N) is 1. The third kappa shape index (κ3) is 2.75. The van der Waals surface area contributed by atoms with E-state index >= 15 is 0 Å². The molecule has 1 aromatic heterocycles. The zero-order chi connectivity index (χ0) is 16.5. The van der Waals surface area contributed by atoms with Gasteiger partial charge in [0.05, 0.1) is 5.56 Å². The van der Waals surface area contributed by atoms with Crippen LogP contribution in [0.5, 0.6) is 5.75 Å². The molecule has 1 aliphatic heterocycles. The highest BCUT2D eigenvalue weighted by molar-refractivity contribution is 6.06. The quantitative estimate of drug-likeness (QED) is 0.775. The Morgan fingerprint density at radius 3 is 2.79 bits per heavy atom. The summed E-state index contributed by atoms with van der Waals surface area (Å²) in [6.07, 6.45) is 3.78. The highest BCUT2D eigenvalue weighted by atomic mass is 16.3. The van der Waals surface area contributed by atoms with Crippen LogP contribution in [0.1, 0.15) is 22.3 Å². The van der Waals surface area contributed by atoms with Crippen molar-refractivity contribution in [3.05, 3.63) is 65.9 Å². The fourth-order valence-corrected chi connectivity index (χ4v) is 3.57. The predicted octanol–water partition coefficient (Wildman–Crippen LogP) is 3.58. The molecule has 2 N–H and O–H groups in total. The molecule has 2 aromatic carbocycles. The van der Waals surface area contributed by atoms with Crippen LogP contribution in [0.4, 0.5) is 0 Å². The molecule has 1 amide bonds. The van der Waals surface area contributed by atoms with Crippen LogP contribution < -0.4 is 0 Å². The van der Waals surface area contributed by atoms with Gasteiger partial charge < -0.3 is 15.0 Å². The molecule has 4 rings (SSSR count). The summed E-state index contributed by atoms with van der Waals surface area (Å²) >= 11 is 0. The van der Waals surface area contributed by atoms with Crippen molar-refractivity contribution in [2.45, 2.75) is 12.8 Å². The van der Waals surface area contributed by atoms with E-state index in [1.165, 1.54) is 5.56 Å². The number of rotatable bonds is 3. The highest BCUT2D eigenvalue weighted by Gasteiger charge is 2.28. The molecule has 0 radical (unpaired) electrons. The Kier molecular flexibility index (Phi) is 3.73. The first-order chi connectivity index (χ1) is 11.7. The molecular formula is C20H20N2O2. The Labute approximate surface area is 140 Å². The SMILES string of the molecule is O=C(c1c[nH]c2ccccc12)N1CCC(Cc2ccc(O)cc2)C1. The number of para-hydroxylation sites is 1. The van der Waals surface area contributed by atoms with Gasteiger partial charge in [0.15, 0.2) is 0 Å². The zero-order valence-corrected chi connectivity index (χ0v) is 13.4. The number of carbonyl (C=O) groups excluding carboxylic acids is 1. The number of nitrogens with zero attached hydrogens (tertiary/aromatic N) is 1. The van der Waals surface area contributed by atoms with E-state index in [-0.39, 0.29) is 5.91 Å². The smallest absolute Gasteiger partial charge is 0.256 e. The van der Waals surface area contributed by atoms with Crippen molar-refractivity contribution < 1.29 is 9.90 Å². The van der Waals surface area contributed by atoms with Gasteiger partial charge in [-0.25, -0.2) is 0 Å². The fraction of sp³-hybridized carbons (Fsp3) is 0.250. The van der Waals surface area contributed by atoms with Gasteiger partial charge in [-0.05, 0) is 42.5 Å². The summed E-state index contributed by atoms with van der Waals surface area (Å²) in [6.45, 7) is 1.60. The van der Waals surface area contributed by atoms with Crippen LogP contribution in [0.2, 0.25) is 0 Å². The zero-order valence-electron chi connectivity index (χ0n) is 13.4. The van der Waals surface area contributed by atoms with Crippen LogP contribution in [0.25, 0.3) is 10.9 Å². The van der Waals surface area contributed by atoms with Gasteiger partial charge in [-0.3, -0.25) is 4.79 Å². The Balaban J connectivity index is 1.46. The minimum Gasteiger partial charge on any atom is -0.508 e. The van der Waals surface area contributed by atoms with E-state index in [9.17, 15) is 9.90 Å². The van der Waals surface area contributed by atoms with Gasteiger partial charge in [-0.1, -0.05) is 30.3 Å². The molecule has 1 atom stereocenters. The lowest BCUT2D eigenvalue weighted by Crippen LogP contribution is -2.28. The summed E-state index contributed by atoms with van der Waals surface area (Å²) in [7, 11) is 0. The molecular weight excluding hydrogens is 300 g/mol. The van der Waals surface area contributed by atoms with Crippen molar-refractivity contribution in [3.63, 3.8) is 0 Å². The topological polar surface area (TPSA) is 56.3 Å². The van der Waals surface area contributed by atoms with Crippen LogP contribution in [0.15, 0.2) is 54.7 Å². The van der Waals surface area contributed by atoms with Crippen molar-refractivity contribution in [1.82, 2.24) is 9.88 Å². The Hall–Kier alpha value is -2.75. The summed E-state index contributed by atoms with van der Waals surface area (Å²) < 4.78 is 0. The Bertz CT molecular complexity index is 867. The van der Waals surface area contributed by atoms with Crippen molar-refractivity contribution in [2.24, 2.45) is 5.92 Å². The van der Waals surface area contributed by atoms with E-state index < -0.39 is 0 Å². The van der Waals surface area contributed by atoms with E-state index in [0.29, 0.717) is 11.7 Å². The van der Waals surface area contributed by atoms with Crippen LogP contribution in [-0.2, 0) is 6.42 Å². The first kappa shape index (κ1) is 14.8. The predicted molar refractivity (Wildman–Crippen MR) is 94.1 cm³/mol. The minimum absolute atomic E-state index is 0.112. The second-order valence-electron chi connectivity index (χ2n) is 6.52. The number of aromatic nitrogens is 1. The second kappa shape index (κ2) is 6.04. The van der Waals surface area contributed by atoms with Gasteiger partial charge in [0.1, 0.15) is 5.75 Å². The maximum atomic E-state index is 12.8. The largest absolute Gasteiger partial charge is 0.508 e. The highest BCUT2D eigenvalue weighted by Crippen LogP contribution is 2.25. The summed E-state index contributed by atoms with van der Waals surface area (Å²) in [5.74, 6) is 0.880. The number of benzene rings is 2. The number of phenols is 1. The van der Waals surface area contributed by atoms with Crippen molar-refractivity contribution in [1.29, 1.82) is 0 Å². The number of phenolic OH excluding ortho intramolecular Hbond substituents is 1. The molecule has 1 unspecified atom stereocenters. The summed E-state index contributed by atoms with van der Waals surface area (Å²) in [6, 6.07) is 15.3. The number of hydrogen-bond donors (Lipinski definition) is 2. The Morgan fingerprint density at radius 1 is 1.17 bits per heavy atom. The standard InChI is InChI=1S/C20H20N2O2/c23-16-7-5-14(6-8-16)11-15-9-10-22(13-15)20(24)18-12-21-19-4-2-1-3-17(18)19/h1-8,12,15,21,23H,9-11,13H2. The van der Waals surface area contributed by atoms with Crippen LogP contribution >= 0.6 is 0 Å². The molecule has 2 heterocycles. The normalized spacial score (nSPS) is 17.5. The molecule has 122 valence electrons. The van der Waals surface area contributed by atoms with Crippen molar-refractivity contribution >= 4 is 16.8 Å². The lowest BCUT2D eigenvalue weighted by Gasteiger charge is -2.16. The molecule has 0 bridgehead atoms. The van der Waals surface area contributed by atoms with Gasteiger partial charge in [0.2, 0.25) is 0 Å². The van der Waals surface area contributed by atoms with E-state index in [2.05, 4.69) is 4.98 Å². The number of aromatic hydroxyl groups is 1. The molecule has 1 aliphatic rings. The number of hydrogen-bond acceptors (Lipinski definition) is 2. The average Bonchev–Trinajstić information content (AvgIpc) is 3.23. The average molecular weight is 320 g/mol. The van der Waals surface area contributed by atoms with Gasteiger partial charge in [-0.15, -0.1) is 0 Å². The van der Waals surface area contributed by atoms with Crippen LogP contribution in [0.3, 0.4) is 0 Å². The monoisotopic (exact) mass is 320 g/mol. The van der Waals surface area contributed by atoms with E-state index in [1.807, 2.05) is 47.5 Å². The molecule has 4 nitrogen and oxygen atoms in total. The summed E-state index contributed by atoms with van der Waals surface area (Å²) in [4.78, 5) is 18.0. The third-order valence-corrected chi connectivity index (χ3v) is 4.85. The molecule has 1 fully saturated rings. The van der Waals surface area contributed by atoms with Gasteiger partial charge in [0, 0.05) is 30.2 Å². The molecule has 4 heteroatoms. The maximum absolute atomic E-state index is 12.8. The molecule has 3 aromatic rings. The van der Waals surface area contributed by atoms with Gasteiger partial charge >= 0.3 is 0 Å². The van der Waals surface area contributed by atoms with Gasteiger partial charge in [0.25, 0.3) is 5.91 Å². The Morgan fingerprint density at radius 2 is 1.96 bits per heavy atom. The number of aromatic amines is 1. The third-order valence-electron chi connectivity index (χ3n) is 4.85. The summed E-state index contributed by atoms with van der Waals surface area (Å²) in [5, 5.41) is 10.4. The van der Waals surface area contributed by atoms with E-state index in [4.69, 9.17) is 0 Å². The van der Waals surface area contributed by atoms with E-state index in [0.717, 1.165) is 42.4 Å². The lowest BCUT2D eigenvalue weighted by atomic mass is 9.99. The molecule has 1 saturated heterocycles. The molecule has 0 aliphatic carbocycles. The van der Waals surface area contributed by atoms with E-state index in [1.54, 1.807) is 12.1 Å². The molecule has 0 spiro atoms.